The summed E-state index contributed by atoms with van der Waals surface area (Å²) in [7, 11) is 2.08. The van der Waals surface area contributed by atoms with Gasteiger partial charge in [0.25, 0.3) is 5.91 Å². The van der Waals surface area contributed by atoms with Crippen LogP contribution in [0.15, 0.2) is 48.5 Å². The Labute approximate surface area is 185 Å². The number of fused-ring (bicyclic) bond motifs is 1. The molecule has 1 aliphatic heterocycles. The number of pyridine rings is 1. The summed E-state index contributed by atoms with van der Waals surface area (Å²) in [5.74, 6) is -0.688. The lowest BCUT2D eigenvalue weighted by atomic mass is 10.1. The summed E-state index contributed by atoms with van der Waals surface area (Å²) in [6.45, 7) is 3.53. The monoisotopic (exact) mass is 438 g/mol. The van der Waals surface area contributed by atoms with Crippen LogP contribution in [-0.2, 0) is 0 Å². The number of nitrogens with zero attached hydrogens (tertiary/aromatic N) is 3. The number of anilines is 2. The number of aromatic carboxylic acids is 1. The minimum atomic E-state index is -1.03. The van der Waals surface area contributed by atoms with Crippen molar-refractivity contribution in [2.24, 2.45) is 0 Å². The SMILES string of the molecule is CN1CCCN(c2cc(C(=O)O)c3cc(NC(=O)c4cccc(Cl)c4)ccc3n2)CC1. The number of amides is 1. The second kappa shape index (κ2) is 8.91. The lowest BCUT2D eigenvalue weighted by molar-refractivity contribution is 0.0698. The minimum absolute atomic E-state index is 0.163. The van der Waals surface area contributed by atoms with E-state index in [4.69, 9.17) is 16.6 Å². The van der Waals surface area contributed by atoms with E-state index in [0.717, 1.165) is 32.6 Å². The Morgan fingerprint density at radius 2 is 1.90 bits per heavy atom. The fourth-order valence-electron chi connectivity index (χ4n) is 3.74. The molecule has 2 heterocycles. The zero-order valence-corrected chi connectivity index (χ0v) is 17.9. The fraction of sp³-hybridized carbons (Fsp3) is 0.261. The van der Waals surface area contributed by atoms with Gasteiger partial charge in [0.15, 0.2) is 0 Å². The van der Waals surface area contributed by atoms with Crippen LogP contribution >= 0.6 is 11.6 Å². The summed E-state index contributed by atoms with van der Waals surface area (Å²) in [5, 5.41) is 13.6. The van der Waals surface area contributed by atoms with Crippen LogP contribution < -0.4 is 10.2 Å². The Morgan fingerprint density at radius 1 is 1.06 bits per heavy atom. The van der Waals surface area contributed by atoms with Crippen LogP contribution in [0.4, 0.5) is 11.5 Å². The molecular weight excluding hydrogens is 416 g/mol. The van der Waals surface area contributed by atoms with E-state index in [0.29, 0.717) is 33.0 Å². The first kappa shape index (κ1) is 21.1. The molecule has 160 valence electrons. The number of hydrogen-bond acceptors (Lipinski definition) is 5. The summed E-state index contributed by atoms with van der Waals surface area (Å²) < 4.78 is 0. The van der Waals surface area contributed by atoms with Gasteiger partial charge in [-0.1, -0.05) is 17.7 Å². The summed E-state index contributed by atoms with van der Waals surface area (Å²) >= 11 is 5.96. The molecular formula is C23H23ClN4O3. The van der Waals surface area contributed by atoms with Gasteiger partial charge in [-0.2, -0.15) is 0 Å². The molecule has 1 aromatic heterocycles. The van der Waals surface area contributed by atoms with Gasteiger partial charge in [-0.05, 0) is 62.5 Å². The Balaban J connectivity index is 1.66. The van der Waals surface area contributed by atoms with E-state index in [9.17, 15) is 14.7 Å². The van der Waals surface area contributed by atoms with Crippen LogP contribution in [0.3, 0.4) is 0 Å². The first-order valence-electron chi connectivity index (χ1n) is 10.1. The van der Waals surface area contributed by atoms with E-state index < -0.39 is 5.97 Å². The second-order valence-electron chi connectivity index (χ2n) is 7.67. The van der Waals surface area contributed by atoms with Gasteiger partial charge in [-0.15, -0.1) is 0 Å². The highest BCUT2D eigenvalue weighted by Crippen LogP contribution is 2.27. The van der Waals surface area contributed by atoms with Crippen molar-refractivity contribution in [2.75, 3.05) is 43.4 Å². The van der Waals surface area contributed by atoms with Gasteiger partial charge in [-0.25, -0.2) is 9.78 Å². The summed E-state index contributed by atoms with van der Waals surface area (Å²) in [5.41, 5.74) is 1.65. The number of halogens is 1. The molecule has 0 spiro atoms. The van der Waals surface area contributed by atoms with Crippen molar-refractivity contribution >= 4 is 45.9 Å². The maximum atomic E-state index is 12.5. The van der Waals surface area contributed by atoms with E-state index in [1.807, 2.05) is 0 Å². The van der Waals surface area contributed by atoms with Crippen molar-refractivity contribution in [1.82, 2.24) is 9.88 Å². The van der Waals surface area contributed by atoms with Crippen molar-refractivity contribution in [3.63, 3.8) is 0 Å². The predicted octanol–water partition coefficient (Wildman–Crippen LogP) is 3.98. The van der Waals surface area contributed by atoms with Crippen LogP contribution in [0, 0.1) is 0 Å². The van der Waals surface area contributed by atoms with Crippen LogP contribution in [0.2, 0.25) is 5.02 Å². The highest BCUT2D eigenvalue weighted by Gasteiger charge is 2.19. The number of nitrogens with one attached hydrogen (secondary N) is 1. The molecule has 4 rings (SSSR count). The van der Waals surface area contributed by atoms with Crippen molar-refractivity contribution in [3.8, 4) is 0 Å². The van der Waals surface area contributed by atoms with Crippen LogP contribution in [0.5, 0.6) is 0 Å². The van der Waals surface area contributed by atoms with Gasteiger partial charge in [0.2, 0.25) is 0 Å². The van der Waals surface area contributed by atoms with E-state index in [1.54, 1.807) is 48.5 Å². The number of rotatable bonds is 4. The average Bonchev–Trinajstić information content (AvgIpc) is 2.97. The second-order valence-corrected chi connectivity index (χ2v) is 8.11. The number of hydrogen-bond donors (Lipinski definition) is 2. The first-order chi connectivity index (χ1) is 14.9. The standard InChI is InChI=1S/C23H23ClN4O3/c1-27-8-3-9-28(11-10-27)21-14-19(23(30)31)18-13-17(6-7-20(18)26-21)25-22(29)15-4-2-5-16(24)12-15/h2,4-7,12-14H,3,8-11H2,1H3,(H,25,29)(H,30,31). The number of aromatic nitrogens is 1. The summed E-state index contributed by atoms with van der Waals surface area (Å²) in [6, 6.07) is 13.4. The van der Waals surface area contributed by atoms with Crippen molar-refractivity contribution in [1.29, 1.82) is 0 Å². The number of benzene rings is 2. The number of carbonyl (C=O) groups excluding carboxylic acids is 1. The first-order valence-corrected chi connectivity index (χ1v) is 10.5. The third-order valence-electron chi connectivity index (χ3n) is 5.41. The van der Waals surface area contributed by atoms with E-state index in [-0.39, 0.29) is 11.5 Å². The van der Waals surface area contributed by atoms with Gasteiger partial charge < -0.3 is 20.2 Å². The highest BCUT2D eigenvalue weighted by atomic mass is 35.5. The van der Waals surface area contributed by atoms with Gasteiger partial charge in [0, 0.05) is 41.3 Å². The molecule has 0 atom stereocenters. The molecule has 0 radical (unpaired) electrons. The van der Waals surface area contributed by atoms with Gasteiger partial charge in [0.1, 0.15) is 5.82 Å². The summed E-state index contributed by atoms with van der Waals surface area (Å²) in [4.78, 5) is 33.6. The Morgan fingerprint density at radius 3 is 2.68 bits per heavy atom. The molecule has 1 aliphatic rings. The van der Waals surface area contributed by atoms with Crippen molar-refractivity contribution < 1.29 is 14.7 Å². The van der Waals surface area contributed by atoms with E-state index >= 15 is 0 Å². The average molecular weight is 439 g/mol. The molecule has 0 saturated carbocycles. The third-order valence-corrected chi connectivity index (χ3v) is 5.65. The largest absolute Gasteiger partial charge is 0.478 e. The topological polar surface area (TPSA) is 85.8 Å². The smallest absolute Gasteiger partial charge is 0.336 e. The maximum absolute atomic E-state index is 12.5. The molecule has 1 fully saturated rings. The molecule has 2 aromatic carbocycles. The third kappa shape index (κ3) is 4.78. The molecule has 7 nitrogen and oxygen atoms in total. The number of likely N-dealkylation sites (N-methyl/N-ethyl adjacent to an activating group) is 1. The molecule has 0 bridgehead atoms. The van der Waals surface area contributed by atoms with Crippen molar-refractivity contribution in [2.45, 2.75) is 6.42 Å². The lowest BCUT2D eigenvalue weighted by Gasteiger charge is -2.22. The van der Waals surface area contributed by atoms with Crippen LogP contribution in [0.25, 0.3) is 10.9 Å². The Kier molecular flexibility index (Phi) is 6.06. The summed E-state index contributed by atoms with van der Waals surface area (Å²) in [6.07, 6.45) is 0.993. The fourth-order valence-corrected chi connectivity index (χ4v) is 3.93. The number of carboxylic acid groups (broad SMARTS) is 1. The lowest BCUT2D eigenvalue weighted by Crippen LogP contribution is -2.29. The minimum Gasteiger partial charge on any atom is -0.478 e. The molecule has 0 unspecified atom stereocenters. The van der Waals surface area contributed by atoms with Gasteiger partial charge >= 0.3 is 5.97 Å². The van der Waals surface area contributed by atoms with Gasteiger partial charge in [0.05, 0.1) is 11.1 Å². The zero-order valence-electron chi connectivity index (χ0n) is 17.1. The quantitative estimate of drug-likeness (QED) is 0.640. The van der Waals surface area contributed by atoms with Gasteiger partial charge in [-0.3, -0.25) is 4.79 Å². The molecule has 1 saturated heterocycles. The maximum Gasteiger partial charge on any atom is 0.336 e. The van der Waals surface area contributed by atoms with Crippen LogP contribution in [-0.4, -0.2) is 60.1 Å². The van der Waals surface area contributed by atoms with Crippen LogP contribution in [0.1, 0.15) is 27.1 Å². The molecule has 2 N–H and O–H groups in total. The molecule has 0 aliphatic carbocycles. The van der Waals surface area contributed by atoms with E-state index in [1.165, 1.54) is 0 Å². The molecule has 3 aromatic rings. The normalized spacial score (nSPS) is 15.0. The predicted molar refractivity (Wildman–Crippen MR) is 122 cm³/mol. The molecule has 31 heavy (non-hydrogen) atoms. The van der Waals surface area contributed by atoms with Crippen molar-refractivity contribution in [3.05, 3.63) is 64.7 Å². The molecule has 1 amide bonds. The Hall–Kier alpha value is -3.16. The highest BCUT2D eigenvalue weighted by molar-refractivity contribution is 6.31. The zero-order chi connectivity index (χ0) is 22.0. The number of carbonyl (C=O) groups is 2. The molecule has 8 heteroatoms. The van der Waals surface area contributed by atoms with E-state index in [2.05, 4.69) is 22.2 Å². The Bertz CT molecular complexity index is 1150. The number of carboxylic acids is 1.